The highest BCUT2D eigenvalue weighted by atomic mass is 32.2. The van der Waals surface area contributed by atoms with E-state index in [1.165, 1.54) is 0 Å². The summed E-state index contributed by atoms with van der Waals surface area (Å²) in [7, 11) is -15.2. The Kier molecular flexibility index (Phi) is 6.31. The molecule has 0 radical (unpaired) electrons. The van der Waals surface area contributed by atoms with Crippen molar-refractivity contribution in [1.82, 2.24) is 0 Å². The number of hydrogen-bond donors (Lipinski definition) is 6. The van der Waals surface area contributed by atoms with E-state index in [1.807, 2.05) is 0 Å². The highest BCUT2D eigenvalue weighted by molar-refractivity contribution is 7.86. The number of fused-ring (bicyclic) bond motifs is 1. The number of phenolic OH excluding ortho intramolecular Hbond substituents is 2. The van der Waals surface area contributed by atoms with Gasteiger partial charge < -0.3 is 15.3 Å². The number of hydrogen-bond acceptors (Lipinski definition) is 11. The third-order valence-corrected chi connectivity index (χ3v) is 7.00. The van der Waals surface area contributed by atoms with Gasteiger partial charge in [-0.25, -0.2) is 4.79 Å². The number of carboxylic acid groups (broad SMARTS) is 1. The van der Waals surface area contributed by atoms with Crippen LogP contribution in [0.5, 0.6) is 11.5 Å². The van der Waals surface area contributed by atoms with Crippen LogP contribution in [0.25, 0.3) is 10.8 Å². The fraction of sp³-hybridized carbons (Fsp3) is 0. The third kappa shape index (κ3) is 5.21. The van der Waals surface area contributed by atoms with E-state index in [-0.39, 0.29) is 0 Å². The van der Waals surface area contributed by atoms with E-state index in [9.17, 15) is 53.9 Å². The number of carbonyl (C=O) groups is 1. The van der Waals surface area contributed by atoms with Crippen LogP contribution in [0.4, 0.5) is 11.4 Å². The minimum Gasteiger partial charge on any atom is -0.507 e. The minimum absolute atomic E-state index is 0.480. The SMILES string of the molecule is O=C(O)c1ccc(N=Nc2c(S(=O)(=O)O)cc3cc(S(=O)(=O)O)cc(O)c3c2O)c(S(=O)(=O)O)c1. The molecule has 18 heteroatoms. The van der Waals surface area contributed by atoms with E-state index in [0.717, 1.165) is 12.1 Å². The Balaban J connectivity index is 2.36. The van der Waals surface area contributed by atoms with Crippen LogP contribution in [0, 0.1) is 0 Å². The summed E-state index contributed by atoms with van der Waals surface area (Å²) < 4.78 is 97.9. The van der Waals surface area contributed by atoms with Crippen molar-refractivity contribution < 1.29 is 59.0 Å². The smallest absolute Gasteiger partial charge is 0.335 e. The summed E-state index contributed by atoms with van der Waals surface area (Å²) in [5, 5.41) is 35.4. The number of phenols is 2. The Morgan fingerprint density at radius 1 is 0.743 bits per heavy atom. The number of benzene rings is 3. The Bertz CT molecular complexity index is 1760. The maximum absolute atomic E-state index is 11.9. The molecule has 0 atom stereocenters. The Morgan fingerprint density at radius 2 is 1.34 bits per heavy atom. The van der Waals surface area contributed by atoms with Crippen LogP contribution >= 0.6 is 0 Å². The molecule has 0 spiro atoms. The van der Waals surface area contributed by atoms with Gasteiger partial charge in [-0.3, -0.25) is 13.7 Å². The molecule has 186 valence electrons. The van der Waals surface area contributed by atoms with E-state index in [0.29, 0.717) is 24.3 Å². The van der Waals surface area contributed by atoms with Gasteiger partial charge in [-0.2, -0.15) is 25.3 Å². The summed E-state index contributed by atoms with van der Waals surface area (Å²) >= 11 is 0. The molecular weight excluding hydrogens is 536 g/mol. The molecule has 3 aromatic rings. The minimum atomic E-state index is -5.22. The molecule has 0 heterocycles. The van der Waals surface area contributed by atoms with Gasteiger partial charge >= 0.3 is 5.97 Å². The fourth-order valence-electron chi connectivity index (χ4n) is 2.92. The molecule has 3 rings (SSSR count). The lowest BCUT2D eigenvalue weighted by Crippen LogP contribution is -2.03. The van der Waals surface area contributed by atoms with Crippen LogP contribution in [0.1, 0.15) is 10.4 Å². The van der Waals surface area contributed by atoms with Crippen LogP contribution in [0.15, 0.2) is 61.3 Å². The maximum Gasteiger partial charge on any atom is 0.335 e. The largest absolute Gasteiger partial charge is 0.507 e. The topological polar surface area (TPSA) is 266 Å². The zero-order chi connectivity index (χ0) is 26.5. The zero-order valence-corrected chi connectivity index (χ0v) is 19.1. The Morgan fingerprint density at radius 3 is 1.86 bits per heavy atom. The van der Waals surface area contributed by atoms with Crippen LogP contribution in [0.2, 0.25) is 0 Å². The summed E-state index contributed by atoms with van der Waals surface area (Å²) in [5.74, 6) is -3.68. The molecule has 0 aliphatic heterocycles. The van der Waals surface area contributed by atoms with E-state index < -0.39 is 90.2 Å². The molecule has 0 bridgehead atoms. The lowest BCUT2D eigenvalue weighted by molar-refractivity contribution is 0.0696. The van der Waals surface area contributed by atoms with Gasteiger partial charge in [0.2, 0.25) is 0 Å². The number of carboxylic acids is 1. The molecular formula is C17H12N2O13S3. The van der Waals surface area contributed by atoms with Crippen molar-refractivity contribution in [2.45, 2.75) is 14.7 Å². The fourth-order valence-corrected chi connectivity index (χ4v) is 4.76. The van der Waals surface area contributed by atoms with Gasteiger partial charge in [0.05, 0.1) is 15.8 Å². The van der Waals surface area contributed by atoms with Crippen molar-refractivity contribution in [3.8, 4) is 11.5 Å². The highest BCUT2D eigenvalue weighted by Crippen LogP contribution is 2.45. The van der Waals surface area contributed by atoms with Crippen molar-refractivity contribution >= 4 is 58.5 Å². The molecule has 0 unspecified atom stereocenters. The molecule has 0 aliphatic rings. The quantitative estimate of drug-likeness (QED) is 0.190. The van der Waals surface area contributed by atoms with E-state index in [2.05, 4.69) is 10.2 Å². The molecule has 0 aliphatic carbocycles. The van der Waals surface area contributed by atoms with Crippen LogP contribution in [-0.2, 0) is 30.4 Å². The first-order valence-corrected chi connectivity index (χ1v) is 13.0. The molecule has 0 saturated carbocycles. The predicted molar refractivity (Wildman–Crippen MR) is 114 cm³/mol. The predicted octanol–water partition coefficient (Wildman–Crippen LogP) is 2.10. The Hall–Kier alpha value is -3.68. The first kappa shape index (κ1) is 25.9. The van der Waals surface area contributed by atoms with Gasteiger partial charge in [-0.15, -0.1) is 10.2 Å². The first-order chi connectivity index (χ1) is 15.9. The summed E-state index contributed by atoms with van der Waals surface area (Å²) in [4.78, 5) is 7.98. The van der Waals surface area contributed by atoms with Gasteiger partial charge in [-0.1, -0.05) is 0 Å². The van der Waals surface area contributed by atoms with Crippen LogP contribution in [-0.4, -0.2) is 60.2 Å². The van der Waals surface area contributed by atoms with E-state index in [4.69, 9.17) is 5.11 Å². The normalized spacial score (nSPS) is 12.9. The monoisotopic (exact) mass is 548 g/mol. The number of nitrogens with zero attached hydrogens (tertiary/aromatic N) is 2. The second-order valence-corrected chi connectivity index (χ2v) is 10.9. The molecule has 6 N–H and O–H groups in total. The summed E-state index contributed by atoms with van der Waals surface area (Å²) in [6, 6.07) is 3.95. The van der Waals surface area contributed by atoms with Crippen LogP contribution < -0.4 is 0 Å². The first-order valence-electron chi connectivity index (χ1n) is 8.65. The third-order valence-electron chi connectivity index (χ3n) is 4.42. The van der Waals surface area contributed by atoms with Crippen molar-refractivity contribution in [3.05, 3.63) is 42.0 Å². The summed E-state index contributed by atoms with van der Waals surface area (Å²) in [5.41, 5.74) is -2.31. The zero-order valence-electron chi connectivity index (χ0n) is 16.6. The van der Waals surface area contributed by atoms with Crippen molar-refractivity contribution in [2.75, 3.05) is 0 Å². The molecule has 0 amide bonds. The maximum atomic E-state index is 11.9. The number of rotatable bonds is 6. The molecule has 15 nitrogen and oxygen atoms in total. The van der Waals surface area contributed by atoms with Gasteiger partial charge in [0.1, 0.15) is 26.9 Å². The van der Waals surface area contributed by atoms with E-state index >= 15 is 0 Å². The Labute approximate surface area is 195 Å². The number of aromatic carboxylic acids is 1. The van der Waals surface area contributed by atoms with E-state index in [1.54, 1.807) is 0 Å². The second kappa shape index (κ2) is 8.52. The molecule has 0 aromatic heterocycles. The molecule has 3 aromatic carbocycles. The average Bonchev–Trinajstić information content (AvgIpc) is 2.70. The van der Waals surface area contributed by atoms with Gasteiger partial charge in [-0.05, 0) is 35.7 Å². The average molecular weight is 548 g/mol. The standard InChI is InChI=1S/C17H12N2O13S3/c20-11-6-9(33(24,25)26)3-8-5-13(35(30,31)32)15(16(21)14(8)11)19-18-10-2-1-7(17(22)23)4-12(10)34(27,28)29/h1-6,20-21H,(H,22,23)(H,24,25,26)(H,27,28,29)(H,30,31,32). The lowest BCUT2D eigenvalue weighted by Gasteiger charge is -2.11. The van der Waals surface area contributed by atoms with Gasteiger partial charge in [0.25, 0.3) is 30.4 Å². The summed E-state index contributed by atoms with van der Waals surface area (Å²) in [6.45, 7) is 0. The number of aromatic hydroxyl groups is 2. The highest BCUT2D eigenvalue weighted by Gasteiger charge is 2.26. The second-order valence-electron chi connectivity index (χ2n) is 6.73. The number of azo groups is 1. The van der Waals surface area contributed by atoms with Crippen molar-refractivity contribution in [3.63, 3.8) is 0 Å². The van der Waals surface area contributed by atoms with Gasteiger partial charge in [0, 0.05) is 6.07 Å². The summed E-state index contributed by atoms with van der Waals surface area (Å²) in [6.07, 6.45) is 0. The van der Waals surface area contributed by atoms with Gasteiger partial charge in [0.15, 0.2) is 5.75 Å². The van der Waals surface area contributed by atoms with Crippen molar-refractivity contribution in [2.24, 2.45) is 10.2 Å². The molecule has 35 heavy (non-hydrogen) atoms. The van der Waals surface area contributed by atoms with Crippen LogP contribution in [0.3, 0.4) is 0 Å². The lowest BCUT2D eigenvalue weighted by atomic mass is 10.1. The van der Waals surface area contributed by atoms with Crippen molar-refractivity contribution in [1.29, 1.82) is 0 Å². The molecule has 0 saturated heterocycles. The molecule has 0 fully saturated rings.